The zero-order valence-electron chi connectivity index (χ0n) is 19.3. The smallest absolute Gasteiger partial charge is 0.338 e. The Balaban J connectivity index is 1.97. The molecule has 0 saturated carbocycles. The summed E-state index contributed by atoms with van der Waals surface area (Å²) in [4.78, 5) is 31.8. The van der Waals surface area contributed by atoms with Crippen LogP contribution in [0.4, 0.5) is 0 Å². The van der Waals surface area contributed by atoms with Gasteiger partial charge in [0.05, 0.1) is 33.5 Å². The van der Waals surface area contributed by atoms with Crippen molar-refractivity contribution in [3.8, 4) is 11.5 Å². The molecule has 0 spiro atoms. The fourth-order valence-electron chi connectivity index (χ4n) is 3.84. The normalized spacial score (nSPS) is 15.7. The fourth-order valence-corrected chi connectivity index (χ4v) is 5.58. The van der Waals surface area contributed by atoms with Crippen molar-refractivity contribution in [2.75, 3.05) is 7.11 Å². The molecule has 0 radical (unpaired) electrons. The Bertz CT molecular complexity index is 1540. The maximum absolute atomic E-state index is 13.7. The minimum Gasteiger partial charge on any atom is -0.503 e. The zero-order chi connectivity index (χ0) is 25.4. The molecular formula is C25H22BrClN2O5S. The maximum Gasteiger partial charge on any atom is 0.338 e. The Morgan fingerprint density at radius 1 is 1.31 bits per heavy atom. The third kappa shape index (κ3) is 4.80. The summed E-state index contributed by atoms with van der Waals surface area (Å²) in [5.74, 6) is -0.316. The van der Waals surface area contributed by atoms with E-state index in [1.807, 2.05) is 0 Å². The van der Waals surface area contributed by atoms with Crippen LogP contribution in [0.2, 0.25) is 5.02 Å². The molecule has 1 atom stereocenters. The van der Waals surface area contributed by atoms with Crippen LogP contribution in [0.3, 0.4) is 0 Å². The number of phenols is 1. The Kier molecular flexibility index (Phi) is 7.21. The summed E-state index contributed by atoms with van der Waals surface area (Å²) in [6.45, 7) is 5.24. The predicted molar refractivity (Wildman–Crippen MR) is 139 cm³/mol. The number of esters is 1. The summed E-state index contributed by atoms with van der Waals surface area (Å²) in [5, 5.41) is 10.5. The number of phenolic OH excluding ortho intramolecular Hbond substituents is 1. The number of hydrogen-bond donors (Lipinski definition) is 1. The highest BCUT2D eigenvalue weighted by Gasteiger charge is 2.34. The lowest BCUT2D eigenvalue weighted by Crippen LogP contribution is -2.40. The average Bonchev–Trinajstić information content (AvgIpc) is 3.09. The topological polar surface area (TPSA) is 90.1 Å². The van der Waals surface area contributed by atoms with E-state index in [0.29, 0.717) is 35.7 Å². The van der Waals surface area contributed by atoms with E-state index >= 15 is 0 Å². The number of fused-ring (bicyclic) bond motifs is 1. The van der Waals surface area contributed by atoms with Crippen LogP contribution in [0, 0.1) is 0 Å². The van der Waals surface area contributed by atoms with Gasteiger partial charge in [-0.1, -0.05) is 41.1 Å². The summed E-state index contributed by atoms with van der Waals surface area (Å²) in [5.41, 5.74) is 1.63. The van der Waals surface area contributed by atoms with Crippen LogP contribution < -0.4 is 19.6 Å². The Labute approximate surface area is 218 Å². The molecule has 0 fully saturated rings. The number of methoxy groups -OCH3 is 1. The molecular weight excluding hydrogens is 556 g/mol. The molecule has 1 aromatic heterocycles. The third-order valence-electron chi connectivity index (χ3n) is 5.35. The minimum atomic E-state index is -0.797. The molecule has 1 aliphatic heterocycles. The van der Waals surface area contributed by atoms with Crippen LogP contribution in [-0.2, 0) is 9.53 Å². The van der Waals surface area contributed by atoms with Crippen molar-refractivity contribution in [1.29, 1.82) is 0 Å². The zero-order valence-corrected chi connectivity index (χ0v) is 22.5. The standard InChI is InChI=1S/C25H22BrClN2O5S/c1-12(2)34-24(32)20-13(3)28-25-29(21(20)15-7-5-6-8-17(15)27)23(31)19(35-25)11-14-9-16(26)22(30)18(10-14)33-4/h5-12,21,30H,1-4H3. The molecule has 0 saturated heterocycles. The lowest BCUT2D eigenvalue weighted by molar-refractivity contribution is -0.143. The number of aromatic nitrogens is 1. The summed E-state index contributed by atoms with van der Waals surface area (Å²) < 4.78 is 13.0. The van der Waals surface area contributed by atoms with Crippen molar-refractivity contribution in [2.45, 2.75) is 32.9 Å². The molecule has 3 aromatic rings. The number of halogens is 2. The largest absolute Gasteiger partial charge is 0.503 e. The van der Waals surface area contributed by atoms with E-state index in [4.69, 9.17) is 21.1 Å². The highest BCUT2D eigenvalue weighted by molar-refractivity contribution is 9.10. The molecule has 4 rings (SSSR count). The number of hydrogen-bond acceptors (Lipinski definition) is 7. The SMILES string of the molecule is COc1cc(C=c2sc3n(c2=O)C(c2ccccc2Cl)C(C(=O)OC(C)C)=C(C)N=3)cc(Br)c1O. The minimum absolute atomic E-state index is 0.0336. The van der Waals surface area contributed by atoms with Gasteiger partial charge in [-0.25, -0.2) is 9.79 Å². The van der Waals surface area contributed by atoms with E-state index in [0.717, 1.165) is 0 Å². The van der Waals surface area contributed by atoms with Gasteiger partial charge in [-0.15, -0.1) is 0 Å². The van der Waals surface area contributed by atoms with Gasteiger partial charge in [0.1, 0.15) is 6.04 Å². The molecule has 7 nitrogen and oxygen atoms in total. The van der Waals surface area contributed by atoms with E-state index in [1.54, 1.807) is 63.2 Å². The lowest BCUT2D eigenvalue weighted by Gasteiger charge is -2.26. The summed E-state index contributed by atoms with van der Waals surface area (Å²) in [6, 6.07) is 9.60. The van der Waals surface area contributed by atoms with Crippen molar-refractivity contribution in [1.82, 2.24) is 4.57 Å². The van der Waals surface area contributed by atoms with E-state index in [1.165, 1.54) is 23.0 Å². The number of rotatable bonds is 5. The number of carbonyl (C=O) groups excluding carboxylic acids is 1. The van der Waals surface area contributed by atoms with Gasteiger partial charge in [0, 0.05) is 5.02 Å². The van der Waals surface area contributed by atoms with Gasteiger partial charge in [-0.3, -0.25) is 9.36 Å². The number of ether oxygens (including phenoxy) is 2. The first kappa shape index (κ1) is 25.2. The predicted octanol–water partition coefficient (Wildman–Crippen LogP) is 4.32. The van der Waals surface area contributed by atoms with Crippen LogP contribution in [0.15, 0.2) is 61.9 Å². The average molecular weight is 578 g/mol. The Morgan fingerprint density at radius 2 is 2.03 bits per heavy atom. The fraction of sp³-hybridized carbons (Fsp3) is 0.240. The molecule has 2 aromatic carbocycles. The molecule has 1 N–H and O–H groups in total. The molecule has 1 aliphatic rings. The second kappa shape index (κ2) is 10.0. The Hall–Kier alpha value is -2.88. The van der Waals surface area contributed by atoms with Crippen molar-refractivity contribution >= 4 is 50.9 Å². The van der Waals surface area contributed by atoms with Crippen LogP contribution in [0.1, 0.15) is 37.9 Å². The van der Waals surface area contributed by atoms with Gasteiger partial charge < -0.3 is 14.6 Å². The number of nitrogens with zero attached hydrogens (tertiary/aromatic N) is 2. The molecule has 0 amide bonds. The number of carbonyl (C=O) groups is 1. The number of benzene rings is 2. The van der Waals surface area contributed by atoms with Gasteiger partial charge >= 0.3 is 5.97 Å². The summed E-state index contributed by atoms with van der Waals surface area (Å²) >= 11 is 11.0. The second-order valence-corrected chi connectivity index (χ2v) is 10.4. The monoisotopic (exact) mass is 576 g/mol. The quantitative estimate of drug-likeness (QED) is 0.457. The molecule has 1 unspecified atom stereocenters. The maximum atomic E-state index is 13.7. The van der Waals surface area contributed by atoms with Crippen molar-refractivity contribution in [3.63, 3.8) is 0 Å². The van der Waals surface area contributed by atoms with Crippen LogP contribution >= 0.6 is 38.9 Å². The van der Waals surface area contributed by atoms with Gasteiger partial charge in [-0.05, 0) is 72.1 Å². The molecule has 35 heavy (non-hydrogen) atoms. The van der Waals surface area contributed by atoms with Crippen molar-refractivity contribution in [3.05, 3.63) is 88.0 Å². The highest BCUT2D eigenvalue weighted by atomic mass is 79.9. The van der Waals surface area contributed by atoms with Gasteiger partial charge in [-0.2, -0.15) is 0 Å². The van der Waals surface area contributed by atoms with Gasteiger partial charge in [0.2, 0.25) is 0 Å². The van der Waals surface area contributed by atoms with Crippen LogP contribution in [0.25, 0.3) is 6.08 Å². The molecule has 0 bridgehead atoms. The summed E-state index contributed by atoms with van der Waals surface area (Å²) in [7, 11) is 1.45. The molecule has 0 aliphatic carbocycles. The van der Waals surface area contributed by atoms with Crippen molar-refractivity contribution in [2.24, 2.45) is 4.99 Å². The molecule has 2 heterocycles. The second-order valence-electron chi connectivity index (χ2n) is 8.11. The third-order valence-corrected chi connectivity index (χ3v) is 7.28. The summed E-state index contributed by atoms with van der Waals surface area (Å²) in [6.07, 6.45) is 1.34. The van der Waals surface area contributed by atoms with E-state index < -0.39 is 12.0 Å². The first-order chi connectivity index (χ1) is 16.6. The lowest BCUT2D eigenvalue weighted by atomic mass is 9.96. The first-order valence-electron chi connectivity index (χ1n) is 10.7. The Morgan fingerprint density at radius 3 is 2.69 bits per heavy atom. The van der Waals surface area contributed by atoms with E-state index in [9.17, 15) is 14.7 Å². The van der Waals surface area contributed by atoms with E-state index in [-0.39, 0.29) is 28.7 Å². The number of thiazole rings is 1. The number of allylic oxidation sites excluding steroid dienone is 1. The molecule has 182 valence electrons. The first-order valence-corrected chi connectivity index (χ1v) is 12.7. The van der Waals surface area contributed by atoms with E-state index in [2.05, 4.69) is 20.9 Å². The highest BCUT2D eigenvalue weighted by Crippen LogP contribution is 2.36. The number of aromatic hydroxyl groups is 1. The van der Waals surface area contributed by atoms with Gasteiger partial charge in [0.25, 0.3) is 5.56 Å². The van der Waals surface area contributed by atoms with Gasteiger partial charge in [0.15, 0.2) is 16.3 Å². The van der Waals surface area contributed by atoms with Crippen molar-refractivity contribution < 1.29 is 19.4 Å². The van der Waals surface area contributed by atoms with Crippen LogP contribution in [0.5, 0.6) is 11.5 Å². The molecule has 10 heteroatoms. The van der Waals surface area contributed by atoms with Crippen LogP contribution in [-0.4, -0.2) is 28.9 Å².